The van der Waals surface area contributed by atoms with Gasteiger partial charge in [0.15, 0.2) is 11.5 Å². The summed E-state index contributed by atoms with van der Waals surface area (Å²) in [6.45, 7) is 2.87. The number of hydrogen-bond donors (Lipinski definition) is 1. The van der Waals surface area contributed by atoms with Crippen LogP contribution in [-0.4, -0.2) is 42.2 Å². The van der Waals surface area contributed by atoms with Crippen molar-refractivity contribution in [1.29, 1.82) is 0 Å². The fourth-order valence-electron chi connectivity index (χ4n) is 4.50. The third kappa shape index (κ3) is 4.70. The summed E-state index contributed by atoms with van der Waals surface area (Å²) >= 11 is 0. The predicted octanol–water partition coefficient (Wildman–Crippen LogP) is 4.83. The van der Waals surface area contributed by atoms with Gasteiger partial charge in [-0.2, -0.15) is 0 Å². The molecule has 37 heavy (non-hydrogen) atoms. The van der Waals surface area contributed by atoms with Gasteiger partial charge in [0.1, 0.15) is 17.3 Å². The summed E-state index contributed by atoms with van der Waals surface area (Å²) in [5.41, 5.74) is 1.88. The van der Waals surface area contributed by atoms with E-state index < -0.39 is 17.7 Å². The van der Waals surface area contributed by atoms with Crippen molar-refractivity contribution < 1.29 is 33.6 Å². The van der Waals surface area contributed by atoms with Crippen molar-refractivity contribution in [3.05, 3.63) is 89.0 Å². The Balaban J connectivity index is 1.55. The van der Waals surface area contributed by atoms with Crippen LogP contribution in [0.4, 0.5) is 0 Å². The van der Waals surface area contributed by atoms with Crippen LogP contribution in [0.25, 0.3) is 5.76 Å². The molecule has 0 radical (unpaired) electrons. The predicted molar refractivity (Wildman–Crippen MR) is 136 cm³/mol. The first-order valence-corrected chi connectivity index (χ1v) is 12.0. The smallest absolute Gasteiger partial charge is 0.295 e. The molecule has 0 saturated carbocycles. The first kappa shape index (κ1) is 24.2. The molecule has 2 aliphatic rings. The van der Waals surface area contributed by atoms with Gasteiger partial charge in [-0.15, -0.1) is 0 Å². The highest BCUT2D eigenvalue weighted by molar-refractivity contribution is 6.46. The van der Waals surface area contributed by atoms with Gasteiger partial charge in [0, 0.05) is 12.1 Å². The Hall–Kier alpha value is -4.46. The minimum Gasteiger partial charge on any atom is -0.507 e. The van der Waals surface area contributed by atoms with E-state index in [1.165, 1.54) is 4.90 Å². The number of fused-ring (bicyclic) bond motifs is 1. The molecule has 0 aliphatic carbocycles. The molecule has 1 saturated heterocycles. The van der Waals surface area contributed by atoms with Crippen LogP contribution in [0.3, 0.4) is 0 Å². The maximum Gasteiger partial charge on any atom is 0.295 e. The lowest BCUT2D eigenvalue weighted by molar-refractivity contribution is -0.140. The van der Waals surface area contributed by atoms with E-state index in [1.54, 1.807) is 67.8 Å². The van der Waals surface area contributed by atoms with Crippen LogP contribution < -0.4 is 18.9 Å². The van der Waals surface area contributed by atoms with Crippen molar-refractivity contribution in [3.8, 4) is 23.0 Å². The van der Waals surface area contributed by atoms with Crippen molar-refractivity contribution in [2.75, 3.05) is 20.5 Å². The number of aliphatic hydroxyl groups excluding tert-OH is 1. The molecule has 8 nitrogen and oxygen atoms in total. The molecule has 1 unspecified atom stereocenters. The third-order valence-electron chi connectivity index (χ3n) is 6.36. The highest BCUT2D eigenvalue weighted by atomic mass is 16.7. The average molecular weight is 502 g/mol. The minimum atomic E-state index is -0.799. The van der Waals surface area contributed by atoms with E-state index in [9.17, 15) is 14.7 Å². The van der Waals surface area contributed by atoms with E-state index in [2.05, 4.69) is 0 Å². The van der Waals surface area contributed by atoms with Crippen LogP contribution in [0.2, 0.25) is 0 Å². The standard InChI is InChI=1S/C29H27NO7/c1-3-14-35-22-11-7-20(8-12-22)27(31)25-26(19-5-9-21(34-2)10-6-19)30(29(33)28(25)32)16-18-4-13-23-24(15-18)37-17-36-23/h4-13,15,26,31H,3,14,16-17H2,1-2H3/b27-25+. The fraction of sp³-hybridized carbons (Fsp3) is 0.241. The number of rotatable bonds is 8. The number of carbonyl (C=O) groups excluding carboxylic acids is 2. The lowest BCUT2D eigenvalue weighted by Crippen LogP contribution is -2.29. The monoisotopic (exact) mass is 501 g/mol. The maximum absolute atomic E-state index is 13.3. The number of hydrogen-bond acceptors (Lipinski definition) is 7. The second-order valence-corrected chi connectivity index (χ2v) is 8.76. The summed E-state index contributed by atoms with van der Waals surface area (Å²) in [7, 11) is 1.56. The quantitative estimate of drug-likeness (QED) is 0.268. The molecule has 3 aromatic carbocycles. The Kier molecular flexibility index (Phi) is 6.72. The van der Waals surface area contributed by atoms with E-state index in [0.717, 1.165) is 12.0 Å². The normalized spacial score (nSPS) is 17.8. The molecule has 0 aromatic heterocycles. The van der Waals surface area contributed by atoms with E-state index in [4.69, 9.17) is 18.9 Å². The molecule has 2 aliphatic heterocycles. The van der Waals surface area contributed by atoms with E-state index in [1.807, 2.05) is 13.0 Å². The molecule has 1 fully saturated rings. The number of benzene rings is 3. The Bertz CT molecular complexity index is 1350. The number of carbonyl (C=O) groups is 2. The summed E-state index contributed by atoms with van der Waals surface area (Å²) in [5.74, 6) is 0.833. The molecule has 1 N–H and O–H groups in total. The summed E-state index contributed by atoms with van der Waals surface area (Å²) in [6.07, 6.45) is 0.871. The summed E-state index contributed by atoms with van der Waals surface area (Å²) in [5, 5.41) is 11.3. The van der Waals surface area contributed by atoms with Crippen LogP contribution in [0.1, 0.15) is 36.1 Å². The molecule has 190 valence electrons. The number of ether oxygens (including phenoxy) is 4. The Morgan fingerprint density at radius 2 is 1.68 bits per heavy atom. The van der Waals surface area contributed by atoms with Gasteiger partial charge in [0.05, 0.1) is 25.3 Å². The minimum absolute atomic E-state index is 0.0261. The number of likely N-dealkylation sites (tertiary alicyclic amines) is 1. The first-order valence-electron chi connectivity index (χ1n) is 12.0. The maximum atomic E-state index is 13.3. The number of amides is 1. The lowest BCUT2D eigenvalue weighted by Gasteiger charge is -2.25. The zero-order valence-corrected chi connectivity index (χ0v) is 20.6. The van der Waals surface area contributed by atoms with Crippen LogP contribution in [-0.2, 0) is 16.1 Å². The van der Waals surface area contributed by atoms with E-state index in [-0.39, 0.29) is 24.7 Å². The molecule has 2 heterocycles. The van der Waals surface area contributed by atoms with Gasteiger partial charge >= 0.3 is 0 Å². The van der Waals surface area contributed by atoms with Crippen molar-refractivity contribution in [3.63, 3.8) is 0 Å². The van der Waals surface area contributed by atoms with E-state index >= 15 is 0 Å². The van der Waals surface area contributed by atoms with Gasteiger partial charge < -0.3 is 29.0 Å². The SMILES string of the molecule is CCCOc1ccc(/C(O)=C2\C(=O)C(=O)N(Cc3ccc4c(c3)OCO4)C2c2ccc(OC)cc2)cc1. The lowest BCUT2D eigenvalue weighted by atomic mass is 9.95. The topological polar surface area (TPSA) is 94.5 Å². The molecule has 5 rings (SSSR count). The summed E-state index contributed by atoms with van der Waals surface area (Å²) in [4.78, 5) is 28.1. The van der Waals surface area contributed by atoms with Crippen LogP contribution in [0, 0.1) is 0 Å². The molecule has 0 bridgehead atoms. The Morgan fingerprint density at radius 3 is 2.38 bits per heavy atom. The molecule has 0 spiro atoms. The third-order valence-corrected chi connectivity index (χ3v) is 6.36. The van der Waals surface area contributed by atoms with Gasteiger partial charge in [-0.05, 0) is 66.1 Å². The van der Waals surface area contributed by atoms with Crippen molar-refractivity contribution >= 4 is 17.4 Å². The molecular weight excluding hydrogens is 474 g/mol. The Labute approximate surface area is 214 Å². The second kappa shape index (κ2) is 10.3. The fourth-order valence-corrected chi connectivity index (χ4v) is 4.50. The number of Topliss-reactive ketones (excluding diaryl/α,β-unsaturated/α-hetero) is 1. The molecule has 1 amide bonds. The van der Waals surface area contributed by atoms with Gasteiger partial charge in [-0.3, -0.25) is 9.59 Å². The van der Waals surface area contributed by atoms with Crippen molar-refractivity contribution in [2.24, 2.45) is 0 Å². The van der Waals surface area contributed by atoms with Gasteiger partial charge in [0.25, 0.3) is 11.7 Å². The van der Waals surface area contributed by atoms with Crippen LogP contribution >= 0.6 is 0 Å². The van der Waals surface area contributed by atoms with Crippen LogP contribution in [0.15, 0.2) is 72.3 Å². The summed E-state index contributed by atoms with van der Waals surface area (Å²) in [6, 6.07) is 18.5. The number of methoxy groups -OCH3 is 1. The number of ketones is 1. The zero-order valence-electron chi connectivity index (χ0n) is 20.6. The Morgan fingerprint density at radius 1 is 0.973 bits per heavy atom. The highest BCUT2D eigenvalue weighted by Gasteiger charge is 2.46. The zero-order chi connectivity index (χ0) is 25.9. The summed E-state index contributed by atoms with van der Waals surface area (Å²) < 4.78 is 21.8. The van der Waals surface area contributed by atoms with Gasteiger partial charge in [-0.1, -0.05) is 25.1 Å². The molecule has 3 aromatic rings. The van der Waals surface area contributed by atoms with Crippen LogP contribution in [0.5, 0.6) is 23.0 Å². The number of nitrogens with zero attached hydrogens (tertiary/aromatic N) is 1. The first-order chi connectivity index (χ1) is 18.0. The molecular formula is C29H27NO7. The molecule has 8 heteroatoms. The molecule has 1 atom stereocenters. The number of aliphatic hydroxyl groups is 1. The largest absolute Gasteiger partial charge is 0.507 e. The van der Waals surface area contributed by atoms with Crippen molar-refractivity contribution in [2.45, 2.75) is 25.9 Å². The average Bonchev–Trinajstić information content (AvgIpc) is 3.50. The van der Waals surface area contributed by atoms with Gasteiger partial charge in [-0.25, -0.2) is 0 Å². The van der Waals surface area contributed by atoms with E-state index in [0.29, 0.717) is 40.7 Å². The van der Waals surface area contributed by atoms with Gasteiger partial charge in [0.2, 0.25) is 6.79 Å². The second-order valence-electron chi connectivity index (χ2n) is 8.76. The van der Waals surface area contributed by atoms with Crippen molar-refractivity contribution in [1.82, 2.24) is 4.90 Å². The highest BCUT2D eigenvalue weighted by Crippen LogP contribution is 2.41.